The zero-order chi connectivity index (χ0) is 22.4. The van der Waals surface area contributed by atoms with Crippen LogP contribution in [-0.2, 0) is 0 Å². The maximum absolute atomic E-state index is 14.1. The lowest BCUT2D eigenvalue weighted by atomic mass is 10.1. The first-order valence-corrected chi connectivity index (χ1v) is 11.3. The number of aromatic nitrogens is 4. The van der Waals surface area contributed by atoms with Crippen molar-refractivity contribution in [2.45, 2.75) is 19.4 Å². The second-order valence-corrected chi connectivity index (χ2v) is 9.31. The number of H-pyrrole nitrogens is 1. The highest BCUT2D eigenvalue weighted by atomic mass is 32.1. The van der Waals surface area contributed by atoms with Crippen molar-refractivity contribution in [2.75, 3.05) is 27.2 Å². The number of hydrogen-bond acceptors (Lipinski definition) is 6. The Morgan fingerprint density at radius 1 is 1.34 bits per heavy atom. The molecule has 1 aromatic carbocycles. The summed E-state index contributed by atoms with van der Waals surface area (Å²) in [4.78, 5) is 27.2. The summed E-state index contributed by atoms with van der Waals surface area (Å²) in [5.74, 6) is -0.424. The molecule has 1 fully saturated rings. The third-order valence-corrected chi connectivity index (χ3v) is 7.08. The molecule has 32 heavy (non-hydrogen) atoms. The Bertz CT molecular complexity index is 1300. The van der Waals surface area contributed by atoms with Gasteiger partial charge in [0.2, 0.25) is 0 Å². The van der Waals surface area contributed by atoms with Crippen molar-refractivity contribution >= 4 is 28.1 Å². The van der Waals surface area contributed by atoms with Crippen LogP contribution in [0.1, 0.15) is 22.5 Å². The molecule has 5 rings (SSSR count). The third-order valence-electron chi connectivity index (χ3n) is 5.96. The number of fused-ring (bicyclic) bond motifs is 1. The number of likely N-dealkylation sites (tertiary alicyclic amines) is 1. The highest BCUT2D eigenvalue weighted by molar-refractivity contribution is 7.18. The van der Waals surface area contributed by atoms with Crippen molar-refractivity contribution in [2.24, 2.45) is 0 Å². The molecule has 0 radical (unpaired) electrons. The minimum Gasteiger partial charge on any atom is -0.336 e. The Kier molecular flexibility index (Phi) is 5.22. The molecule has 1 saturated heterocycles. The van der Waals surface area contributed by atoms with Gasteiger partial charge >= 0.3 is 0 Å². The molecule has 1 aliphatic heterocycles. The van der Waals surface area contributed by atoms with Crippen LogP contribution in [0.4, 0.5) is 4.39 Å². The number of aryl methyl sites for hydroxylation is 1. The molecule has 164 valence electrons. The Hall–Kier alpha value is -3.17. The number of amides is 1. The third kappa shape index (κ3) is 3.57. The largest absolute Gasteiger partial charge is 0.336 e. The van der Waals surface area contributed by atoms with Crippen LogP contribution < -0.4 is 0 Å². The van der Waals surface area contributed by atoms with Crippen LogP contribution in [0.2, 0.25) is 0 Å². The van der Waals surface area contributed by atoms with Crippen LogP contribution in [0, 0.1) is 12.7 Å². The fourth-order valence-electron chi connectivity index (χ4n) is 4.17. The van der Waals surface area contributed by atoms with Crippen LogP contribution >= 0.6 is 11.3 Å². The number of hydrogen-bond donors (Lipinski definition) is 1. The quantitative estimate of drug-likeness (QED) is 0.509. The minimum absolute atomic E-state index is 0.0955. The van der Waals surface area contributed by atoms with Gasteiger partial charge in [-0.15, -0.1) is 11.3 Å². The van der Waals surface area contributed by atoms with E-state index in [1.807, 2.05) is 38.1 Å². The highest BCUT2D eigenvalue weighted by Crippen LogP contribution is 2.38. The summed E-state index contributed by atoms with van der Waals surface area (Å²) in [6.45, 7) is 3.18. The van der Waals surface area contributed by atoms with E-state index in [-0.39, 0.29) is 11.7 Å². The van der Waals surface area contributed by atoms with Gasteiger partial charge in [0.25, 0.3) is 5.91 Å². The van der Waals surface area contributed by atoms with Crippen molar-refractivity contribution < 1.29 is 9.18 Å². The topological polar surface area (TPSA) is 78.0 Å². The predicted octanol–water partition coefficient (Wildman–Crippen LogP) is 3.97. The van der Waals surface area contributed by atoms with Crippen molar-refractivity contribution in [1.82, 2.24) is 30.0 Å². The molecule has 0 aliphatic carbocycles. The molecule has 1 aliphatic rings. The number of likely N-dealkylation sites (N-methyl/N-ethyl adjacent to an activating group) is 1. The van der Waals surface area contributed by atoms with Gasteiger partial charge < -0.3 is 9.80 Å². The summed E-state index contributed by atoms with van der Waals surface area (Å²) in [5.41, 5.74) is 3.28. The number of aromatic amines is 1. The zero-order valence-corrected chi connectivity index (χ0v) is 18.9. The summed E-state index contributed by atoms with van der Waals surface area (Å²) < 4.78 is 14.1. The van der Waals surface area contributed by atoms with Gasteiger partial charge in [-0.25, -0.2) is 9.37 Å². The van der Waals surface area contributed by atoms with Crippen LogP contribution in [0.15, 0.2) is 36.7 Å². The lowest BCUT2D eigenvalue weighted by Gasteiger charge is -2.20. The average molecular weight is 451 g/mol. The van der Waals surface area contributed by atoms with Gasteiger partial charge in [-0.2, -0.15) is 5.10 Å². The number of benzene rings is 1. The van der Waals surface area contributed by atoms with Crippen LogP contribution in [0.5, 0.6) is 0 Å². The van der Waals surface area contributed by atoms with Crippen molar-refractivity contribution in [1.29, 1.82) is 0 Å². The Morgan fingerprint density at radius 2 is 2.19 bits per heavy atom. The summed E-state index contributed by atoms with van der Waals surface area (Å²) in [7, 11) is 4.07. The van der Waals surface area contributed by atoms with E-state index in [1.165, 1.54) is 23.5 Å². The lowest BCUT2D eigenvalue weighted by molar-refractivity contribution is 0.0779. The maximum Gasteiger partial charge on any atom is 0.274 e. The number of carbonyl (C=O) groups excluding carboxylic acids is 1. The normalized spacial score (nSPS) is 16.4. The van der Waals surface area contributed by atoms with Crippen molar-refractivity contribution in [3.63, 3.8) is 0 Å². The molecule has 1 N–H and O–H groups in total. The molecule has 3 aromatic heterocycles. The van der Waals surface area contributed by atoms with E-state index in [0.717, 1.165) is 22.4 Å². The van der Waals surface area contributed by atoms with Crippen molar-refractivity contribution in [3.05, 3.63) is 53.7 Å². The van der Waals surface area contributed by atoms with E-state index in [0.29, 0.717) is 46.4 Å². The molecule has 9 heteroatoms. The SMILES string of the molecule is Cc1cc(F)cc2c(-c3nc(C(=O)N4CCC(N(C)C)C4)c(-c4cccnc4)s3)[nH]nc12. The molecular formula is C23H23FN6OS. The molecule has 0 bridgehead atoms. The summed E-state index contributed by atoms with van der Waals surface area (Å²) in [6, 6.07) is 7.00. The lowest BCUT2D eigenvalue weighted by Crippen LogP contribution is -2.34. The Morgan fingerprint density at radius 3 is 2.91 bits per heavy atom. The number of carbonyl (C=O) groups is 1. The van der Waals surface area contributed by atoms with Crippen LogP contribution in [0.3, 0.4) is 0 Å². The molecular weight excluding hydrogens is 427 g/mol. The molecule has 4 aromatic rings. The second-order valence-electron chi connectivity index (χ2n) is 8.31. The van der Waals surface area contributed by atoms with E-state index in [2.05, 4.69) is 20.1 Å². The van der Waals surface area contributed by atoms with Gasteiger partial charge in [0.05, 0.1) is 10.4 Å². The Balaban J connectivity index is 1.61. The molecule has 7 nitrogen and oxygen atoms in total. The summed E-state index contributed by atoms with van der Waals surface area (Å²) >= 11 is 1.39. The first-order valence-electron chi connectivity index (χ1n) is 10.4. The molecule has 1 amide bonds. The molecule has 1 atom stereocenters. The van der Waals surface area contributed by atoms with Gasteiger partial charge in [-0.1, -0.05) is 6.07 Å². The van der Waals surface area contributed by atoms with E-state index < -0.39 is 0 Å². The average Bonchev–Trinajstić information content (AvgIpc) is 3.51. The number of nitrogens with zero attached hydrogens (tertiary/aromatic N) is 5. The molecule has 0 saturated carbocycles. The van der Waals surface area contributed by atoms with Crippen molar-refractivity contribution in [3.8, 4) is 21.1 Å². The van der Waals surface area contributed by atoms with Crippen LogP contribution in [-0.4, -0.2) is 69.1 Å². The number of halogens is 1. The molecule has 0 spiro atoms. The number of pyridine rings is 1. The fourth-order valence-corrected chi connectivity index (χ4v) is 5.23. The van der Waals surface area contributed by atoms with Gasteiger partial charge in [-0.05, 0) is 51.2 Å². The summed E-state index contributed by atoms with van der Waals surface area (Å²) in [5, 5.41) is 8.62. The van der Waals surface area contributed by atoms with E-state index >= 15 is 0 Å². The number of rotatable bonds is 4. The molecule has 1 unspecified atom stereocenters. The fraction of sp³-hybridized carbons (Fsp3) is 0.304. The van der Waals surface area contributed by atoms with Crippen LogP contribution in [0.25, 0.3) is 32.0 Å². The second kappa shape index (κ2) is 8.07. The van der Waals surface area contributed by atoms with Gasteiger partial charge in [-0.3, -0.25) is 14.9 Å². The highest BCUT2D eigenvalue weighted by Gasteiger charge is 2.32. The first kappa shape index (κ1) is 20.7. The minimum atomic E-state index is -0.329. The zero-order valence-electron chi connectivity index (χ0n) is 18.1. The maximum atomic E-state index is 14.1. The Labute approximate surface area is 188 Å². The standard InChI is InChI=1S/C23H23FN6OS/c1-13-9-15(24)10-17-18(13)27-28-19(17)22-26-20(21(32-22)14-5-4-7-25-11-14)23(31)30-8-6-16(12-30)29(2)3/h4-5,7,9-11,16H,6,8,12H2,1-3H3,(H,27,28). The van der Waals surface area contributed by atoms with Gasteiger partial charge in [0.15, 0.2) is 0 Å². The number of nitrogens with one attached hydrogen (secondary N) is 1. The number of thiazole rings is 1. The van der Waals surface area contributed by atoms with E-state index in [4.69, 9.17) is 4.98 Å². The van der Waals surface area contributed by atoms with E-state index in [1.54, 1.807) is 12.4 Å². The predicted molar refractivity (Wildman–Crippen MR) is 123 cm³/mol. The van der Waals surface area contributed by atoms with Gasteiger partial charge in [0, 0.05) is 42.5 Å². The first-order chi connectivity index (χ1) is 15.4. The monoisotopic (exact) mass is 450 g/mol. The smallest absolute Gasteiger partial charge is 0.274 e. The van der Waals surface area contributed by atoms with Gasteiger partial charge in [0.1, 0.15) is 22.2 Å². The van der Waals surface area contributed by atoms with E-state index in [9.17, 15) is 9.18 Å². The summed E-state index contributed by atoms with van der Waals surface area (Å²) in [6.07, 6.45) is 4.36. The molecule has 4 heterocycles.